The fourth-order valence-electron chi connectivity index (χ4n) is 3.03. The van der Waals surface area contributed by atoms with E-state index in [1.54, 1.807) is 0 Å². The van der Waals surface area contributed by atoms with Gasteiger partial charge in [0, 0.05) is 12.5 Å². The van der Waals surface area contributed by atoms with Crippen LogP contribution in [0.15, 0.2) is 0 Å². The van der Waals surface area contributed by atoms with Gasteiger partial charge in [0.15, 0.2) is 0 Å². The number of rotatable bonds is 6. The van der Waals surface area contributed by atoms with E-state index in [0.29, 0.717) is 19.4 Å². The highest BCUT2D eigenvalue weighted by Gasteiger charge is 2.46. The summed E-state index contributed by atoms with van der Waals surface area (Å²) in [5, 5.41) is 27.2. The first-order chi connectivity index (χ1) is 8.75. The lowest BCUT2D eigenvalue weighted by Crippen LogP contribution is -2.59. The zero-order chi connectivity index (χ0) is 14.6. The minimum Gasteiger partial charge on any atom is -0.480 e. The molecule has 0 aliphatic heterocycles. The van der Waals surface area contributed by atoms with Crippen molar-refractivity contribution in [2.45, 2.75) is 37.5 Å². The Bertz CT molecular complexity index is 324. The second-order valence-corrected chi connectivity index (χ2v) is 6.01. The lowest BCUT2D eigenvalue weighted by Gasteiger charge is -2.42. The monoisotopic (exact) mass is 344 g/mol. The molecule has 0 aromatic heterocycles. The predicted octanol–water partition coefficient (Wildman–Crippen LogP) is 0.453. The number of hydrogen-bond donors (Lipinski definition) is 4. The number of carbonyl (C=O) groups is 1. The first kappa shape index (κ1) is 23.2. The maximum atomic E-state index is 11.5. The van der Waals surface area contributed by atoms with Gasteiger partial charge in [-0.3, -0.25) is 4.79 Å². The fraction of sp³-hybridized carbons (Fsp3) is 0.917. The molecule has 0 unspecified atom stereocenters. The highest BCUT2D eigenvalue weighted by Crippen LogP contribution is 2.38. The summed E-state index contributed by atoms with van der Waals surface area (Å²) in [5.74, 6) is -0.856. The third-order valence-corrected chi connectivity index (χ3v) is 4.10. The van der Waals surface area contributed by atoms with E-state index in [4.69, 9.17) is 15.8 Å². The highest BCUT2D eigenvalue weighted by atomic mass is 35.5. The molecule has 126 valence electrons. The van der Waals surface area contributed by atoms with Gasteiger partial charge in [-0.1, -0.05) is 6.42 Å². The summed E-state index contributed by atoms with van der Waals surface area (Å²) < 4.78 is 0. The van der Waals surface area contributed by atoms with E-state index in [9.17, 15) is 9.90 Å². The summed E-state index contributed by atoms with van der Waals surface area (Å²) in [5.41, 5.74) is 4.94. The van der Waals surface area contributed by atoms with Crippen molar-refractivity contribution >= 4 is 37.9 Å². The molecule has 0 heterocycles. The minimum absolute atomic E-state index is 0. The Morgan fingerprint density at radius 3 is 2.33 bits per heavy atom. The largest absolute Gasteiger partial charge is 0.480 e. The molecule has 0 amide bonds. The average Bonchev–Trinajstić information content (AvgIpc) is 2.29. The molecule has 1 aliphatic carbocycles. The van der Waals surface area contributed by atoms with Gasteiger partial charge in [-0.15, -0.1) is 24.8 Å². The van der Waals surface area contributed by atoms with E-state index in [-0.39, 0.29) is 43.0 Å². The molecule has 1 aliphatic rings. The number of aliphatic carboxylic acids is 1. The maximum Gasteiger partial charge on any atom is 0.451 e. The second kappa shape index (κ2) is 9.87. The van der Waals surface area contributed by atoms with Crippen molar-refractivity contribution in [3.05, 3.63) is 0 Å². The molecule has 0 radical (unpaired) electrons. The summed E-state index contributed by atoms with van der Waals surface area (Å²) in [4.78, 5) is 13.5. The molecule has 9 heteroatoms. The number of nitrogens with two attached hydrogens (primary N) is 1. The molecule has 0 bridgehead atoms. The van der Waals surface area contributed by atoms with Crippen LogP contribution in [0.2, 0.25) is 6.32 Å². The summed E-state index contributed by atoms with van der Waals surface area (Å²) in [6.07, 6.45) is 2.97. The van der Waals surface area contributed by atoms with Crippen molar-refractivity contribution in [2.75, 3.05) is 20.6 Å². The molecule has 1 rings (SSSR count). The quantitative estimate of drug-likeness (QED) is 0.521. The van der Waals surface area contributed by atoms with Crippen LogP contribution in [-0.4, -0.2) is 59.3 Å². The number of halogens is 2. The van der Waals surface area contributed by atoms with Crippen LogP contribution in [0.1, 0.15) is 25.7 Å². The van der Waals surface area contributed by atoms with Gasteiger partial charge in [0.2, 0.25) is 0 Å². The second-order valence-electron chi connectivity index (χ2n) is 6.01. The van der Waals surface area contributed by atoms with Crippen molar-refractivity contribution in [3.63, 3.8) is 0 Å². The third kappa shape index (κ3) is 6.71. The number of hydrogen-bond acceptors (Lipinski definition) is 5. The van der Waals surface area contributed by atoms with Crippen molar-refractivity contribution in [1.82, 2.24) is 4.90 Å². The Balaban J connectivity index is 0. The van der Waals surface area contributed by atoms with E-state index in [0.717, 1.165) is 12.8 Å². The molecule has 0 aromatic rings. The molecular weight excluding hydrogens is 318 g/mol. The van der Waals surface area contributed by atoms with Crippen LogP contribution in [0, 0.1) is 11.8 Å². The van der Waals surface area contributed by atoms with Crippen molar-refractivity contribution in [3.8, 4) is 0 Å². The van der Waals surface area contributed by atoms with Crippen molar-refractivity contribution in [1.29, 1.82) is 0 Å². The molecule has 1 fully saturated rings. The van der Waals surface area contributed by atoms with Gasteiger partial charge < -0.3 is 25.8 Å². The topological polar surface area (TPSA) is 107 Å². The molecule has 0 aromatic carbocycles. The van der Waals surface area contributed by atoms with Crippen LogP contribution in [0.25, 0.3) is 0 Å². The molecule has 0 spiro atoms. The Labute approximate surface area is 139 Å². The minimum atomic E-state index is -1.32. The molecule has 5 N–H and O–H groups in total. The van der Waals surface area contributed by atoms with Crippen LogP contribution < -0.4 is 5.73 Å². The van der Waals surface area contributed by atoms with Crippen LogP contribution in [-0.2, 0) is 4.79 Å². The lowest BCUT2D eigenvalue weighted by atomic mass is 9.66. The molecule has 3 atom stereocenters. The first-order valence-electron chi connectivity index (χ1n) is 6.79. The number of carboxylic acids is 1. The van der Waals surface area contributed by atoms with Crippen LogP contribution in [0.4, 0.5) is 0 Å². The number of nitrogens with zero attached hydrogens (tertiary/aromatic N) is 1. The smallest absolute Gasteiger partial charge is 0.451 e. The van der Waals surface area contributed by atoms with E-state index in [1.807, 2.05) is 19.0 Å². The van der Waals surface area contributed by atoms with Crippen molar-refractivity contribution in [2.24, 2.45) is 17.6 Å². The summed E-state index contributed by atoms with van der Waals surface area (Å²) in [7, 11) is 2.50. The SMILES string of the molecule is CN(C)C[C@@H]1CC[C@@H](CCB(O)O)C[C@@]1(N)C(=O)O.Cl.Cl. The van der Waals surface area contributed by atoms with Gasteiger partial charge in [-0.25, -0.2) is 0 Å². The fourth-order valence-corrected chi connectivity index (χ4v) is 3.03. The summed E-state index contributed by atoms with van der Waals surface area (Å²) >= 11 is 0. The third-order valence-electron chi connectivity index (χ3n) is 4.10. The lowest BCUT2D eigenvalue weighted by molar-refractivity contribution is -0.148. The first-order valence-corrected chi connectivity index (χ1v) is 6.79. The summed E-state index contributed by atoms with van der Waals surface area (Å²) in [6, 6.07) is 0. The van der Waals surface area contributed by atoms with Gasteiger partial charge in [0.1, 0.15) is 5.54 Å². The van der Waals surface area contributed by atoms with Crippen LogP contribution in [0.3, 0.4) is 0 Å². The molecule has 21 heavy (non-hydrogen) atoms. The Morgan fingerprint density at radius 1 is 1.33 bits per heavy atom. The summed E-state index contributed by atoms with van der Waals surface area (Å²) in [6.45, 7) is 0.665. The Morgan fingerprint density at radius 2 is 1.90 bits per heavy atom. The molecule has 1 saturated carbocycles. The Kier molecular flexibility index (Phi) is 10.9. The van der Waals surface area contributed by atoms with Gasteiger partial charge in [0.25, 0.3) is 0 Å². The van der Waals surface area contributed by atoms with Crippen LogP contribution in [0.5, 0.6) is 0 Å². The highest BCUT2D eigenvalue weighted by molar-refractivity contribution is 6.40. The van der Waals surface area contributed by atoms with E-state index < -0.39 is 18.6 Å². The molecular formula is C12H27BCl2N2O4. The zero-order valence-corrected chi connectivity index (χ0v) is 14.2. The van der Waals surface area contributed by atoms with E-state index in [2.05, 4.69) is 0 Å². The van der Waals surface area contributed by atoms with Crippen molar-refractivity contribution < 1.29 is 19.9 Å². The average molecular weight is 345 g/mol. The van der Waals surface area contributed by atoms with Gasteiger partial charge in [0.05, 0.1) is 0 Å². The van der Waals surface area contributed by atoms with Crippen LogP contribution >= 0.6 is 24.8 Å². The van der Waals surface area contributed by atoms with E-state index >= 15 is 0 Å². The maximum absolute atomic E-state index is 11.5. The van der Waals surface area contributed by atoms with Gasteiger partial charge in [-0.2, -0.15) is 0 Å². The molecule has 6 nitrogen and oxygen atoms in total. The molecule has 0 saturated heterocycles. The van der Waals surface area contributed by atoms with Gasteiger partial charge >= 0.3 is 13.1 Å². The zero-order valence-electron chi connectivity index (χ0n) is 12.6. The predicted molar refractivity (Wildman–Crippen MR) is 88.1 cm³/mol. The standard InChI is InChI=1S/C12H25BN2O4.2ClH/c1-15(2)8-10-4-3-9(5-6-13(18)19)7-12(10,14)11(16)17;;/h9-10,18-19H,3-8,14H2,1-2H3,(H,16,17);2*1H/t9-,10-,12-;;/m0../s1. The van der Waals surface area contributed by atoms with Gasteiger partial charge in [-0.05, 0) is 45.6 Å². The van der Waals surface area contributed by atoms with E-state index in [1.165, 1.54) is 0 Å². The normalized spacial score (nSPS) is 28.5. The Hall–Kier alpha value is -0.0451. The number of carboxylic acid groups (broad SMARTS) is 1.